The molecule has 2 unspecified atom stereocenters. The Morgan fingerprint density at radius 3 is 2.38 bits per heavy atom. The number of epoxide rings is 1. The molecule has 0 aliphatic carbocycles. The highest BCUT2D eigenvalue weighted by Crippen LogP contribution is 2.58. The van der Waals surface area contributed by atoms with Crippen molar-refractivity contribution in [2.24, 2.45) is 5.92 Å². The number of unbranched alkanes of at least 4 members (excludes halogenated alkanes) is 1. The summed E-state index contributed by atoms with van der Waals surface area (Å²) in [5, 5.41) is 0. The number of esters is 1. The van der Waals surface area contributed by atoms with Gasteiger partial charge in [0.1, 0.15) is 5.60 Å². The Morgan fingerprint density at radius 1 is 1.38 bits per heavy atom. The van der Waals surface area contributed by atoms with Crippen molar-refractivity contribution in [3.05, 3.63) is 0 Å². The molecule has 94 valence electrons. The largest absolute Gasteiger partial charge is 0.467 e. The van der Waals surface area contributed by atoms with Crippen LogP contribution in [0.15, 0.2) is 0 Å². The third-order valence-electron chi connectivity index (χ3n) is 3.80. The molecule has 0 amide bonds. The summed E-state index contributed by atoms with van der Waals surface area (Å²) in [6, 6.07) is 0. The number of ether oxygens (including phenoxy) is 2. The molecule has 3 heteroatoms. The Morgan fingerprint density at radius 2 is 2.00 bits per heavy atom. The fourth-order valence-electron chi connectivity index (χ4n) is 2.75. The minimum absolute atomic E-state index is 0.164. The van der Waals surface area contributed by atoms with Crippen LogP contribution >= 0.6 is 0 Å². The third kappa shape index (κ3) is 1.75. The van der Waals surface area contributed by atoms with Gasteiger partial charge in [0, 0.05) is 0 Å². The van der Waals surface area contributed by atoms with E-state index in [2.05, 4.69) is 13.8 Å². The molecule has 1 aliphatic heterocycles. The highest BCUT2D eigenvalue weighted by molar-refractivity contribution is 5.85. The molecule has 1 heterocycles. The van der Waals surface area contributed by atoms with Crippen molar-refractivity contribution in [2.75, 3.05) is 7.11 Å². The van der Waals surface area contributed by atoms with E-state index in [4.69, 9.17) is 9.47 Å². The lowest BCUT2D eigenvalue weighted by atomic mass is 9.79. The molecule has 0 aromatic carbocycles. The Hall–Kier alpha value is -0.570. The summed E-state index contributed by atoms with van der Waals surface area (Å²) >= 11 is 0. The minimum atomic E-state index is -0.689. The van der Waals surface area contributed by atoms with E-state index < -0.39 is 5.60 Å². The first-order valence-electron chi connectivity index (χ1n) is 6.29. The Bertz CT molecular complexity index is 262. The first-order chi connectivity index (χ1) is 7.50. The first-order valence-corrected chi connectivity index (χ1v) is 6.29. The zero-order valence-electron chi connectivity index (χ0n) is 11.1. The van der Waals surface area contributed by atoms with Gasteiger partial charge in [0.15, 0.2) is 5.60 Å². The fourth-order valence-corrected chi connectivity index (χ4v) is 2.75. The molecule has 1 rings (SSSR count). The Labute approximate surface area is 98.5 Å². The monoisotopic (exact) mass is 228 g/mol. The lowest BCUT2D eigenvalue weighted by Gasteiger charge is -2.20. The number of hydrogen-bond acceptors (Lipinski definition) is 3. The van der Waals surface area contributed by atoms with Gasteiger partial charge in [-0.25, -0.2) is 4.79 Å². The molecule has 0 aromatic heterocycles. The average molecular weight is 228 g/mol. The Kier molecular flexibility index (Phi) is 4.00. The molecule has 16 heavy (non-hydrogen) atoms. The second-order valence-electron chi connectivity index (χ2n) is 4.94. The number of methoxy groups -OCH3 is 1. The van der Waals surface area contributed by atoms with E-state index in [0.717, 1.165) is 25.7 Å². The van der Waals surface area contributed by atoms with E-state index in [0.29, 0.717) is 0 Å². The normalized spacial score (nSPS) is 32.9. The number of carbonyl (C=O) groups is 1. The predicted octanol–water partition coefficient (Wildman–Crippen LogP) is 2.92. The molecule has 0 N–H and O–H groups in total. The first kappa shape index (κ1) is 13.5. The zero-order valence-corrected chi connectivity index (χ0v) is 11.1. The third-order valence-corrected chi connectivity index (χ3v) is 3.80. The van der Waals surface area contributed by atoms with Gasteiger partial charge < -0.3 is 9.47 Å². The van der Waals surface area contributed by atoms with Gasteiger partial charge in [-0.1, -0.05) is 40.5 Å². The molecule has 0 bridgehead atoms. The van der Waals surface area contributed by atoms with E-state index in [-0.39, 0.29) is 17.5 Å². The second-order valence-corrected chi connectivity index (χ2v) is 4.94. The maximum Gasteiger partial charge on any atom is 0.341 e. The molecule has 1 fully saturated rings. The van der Waals surface area contributed by atoms with Crippen LogP contribution in [0.3, 0.4) is 0 Å². The summed E-state index contributed by atoms with van der Waals surface area (Å²) in [4.78, 5) is 11.9. The van der Waals surface area contributed by atoms with E-state index in [1.165, 1.54) is 7.11 Å². The molecule has 1 saturated heterocycles. The number of rotatable bonds is 6. The van der Waals surface area contributed by atoms with Crippen LogP contribution < -0.4 is 0 Å². The summed E-state index contributed by atoms with van der Waals surface area (Å²) in [6.45, 7) is 8.30. The average Bonchev–Trinajstić information content (AvgIpc) is 2.96. The summed E-state index contributed by atoms with van der Waals surface area (Å²) in [5.74, 6) is -0.0443. The highest BCUT2D eigenvalue weighted by Gasteiger charge is 2.75. The number of carbonyl (C=O) groups excluding carboxylic acids is 1. The van der Waals surface area contributed by atoms with Gasteiger partial charge in [-0.05, 0) is 18.8 Å². The van der Waals surface area contributed by atoms with Crippen LogP contribution in [0.1, 0.15) is 53.4 Å². The molecular formula is C13H24O3. The van der Waals surface area contributed by atoms with Crippen molar-refractivity contribution in [1.82, 2.24) is 0 Å². The lowest BCUT2D eigenvalue weighted by Crippen LogP contribution is -2.39. The minimum Gasteiger partial charge on any atom is -0.467 e. The van der Waals surface area contributed by atoms with Gasteiger partial charge >= 0.3 is 5.97 Å². The van der Waals surface area contributed by atoms with Crippen molar-refractivity contribution in [3.63, 3.8) is 0 Å². The Balaban J connectivity index is 2.87. The fraction of sp³-hybridized carbons (Fsp3) is 0.923. The van der Waals surface area contributed by atoms with Crippen LogP contribution in [0.25, 0.3) is 0 Å². The van der Waals surface area contributed by atoms with Gasteiger partial charge in [0.2, 0.25) is 0 Å². The summed E-state index contributed by atoms with van der Waals surface area (Å²) in [7, 11) is 1.44. The quantitative estimate of drug-likeness (QED) is 0.518. The molecule has 2 atom stereocenters. The summed E-state index contributed by atoms with van der Waals surface area (Å²) in [5.41, 5.74) is -0.962. The van der Waals surface area contributed by atoms with Crippen molar-refractivity contribution in [2.45, 2.75) is 64.6 Å². The van der Waals surface area contributed by atoms with Crippen molar-refractivity contribution >= 4 is 5.97 Å². The molecular weight excluding hydrogens is 204 g/mol. The second kappa shape index (κ2) is 4.74. The SMILES string of the molecule is CCCCC1(CC)OC1(C(=O)OC)C(C)C. The summed E-state index contributed by atoms with van der Waals surface area (Å²) in [6.07, 6.45) is 4.05. The van der Waals surface area contributed by atoms with Crippen LogP contribution in [0.5, 0.6) is 0 Å². The smallest absolute Gasteiger partial charge is 0.341 e. The molecule has 0 saturated carbocycles. The van der Waals surface area contributed by atoms with E-state index >= 15 is 0 Å². The van der Waals surface area contributed by atoms with Crippen LogP contribution in [-0.2, 0) is 14.3 Å². The van der Waals surface area contributed by atoms with Gasteiger partial charge in [-0.2, -0.15) is 0 Å². The van der Waals surface area contributed by atoms with Crippen molar-refractivity contribution in [1.29, 1.82) is 0 Å². The number of hydrogen-bond donors (Lipinski definition) is 0. The molecule has 0 aromatic rings. The van der Waals surface area contributed by atoms with Gasteiger partial charge in [-0.15, -0.1) is 0 Å². The van der Waals surface area contributed by atoms with Crippen LogP contribution in [-0.4, -0.2) is 24.3 Å². The van der Waals surface area contributed by atoms with Gasteiger partial charge in [-0.3, -0.25) is 0 Å². The van der Waals surface area contributed by atoms with Gasteiger partial charge in [0.05, 0.1) is 7.11 Å². The predicted molar refractivity (Wildman–Crippen MR) is 63.2 cm³/mol. The summed E-state index contributed by atoms with van der Waals surface area (Å²) < 4.78 is 10.8. The lowest BCUT2D eigenvalue weighted by molar-refractivity contribution is -0.148. The molecule has 0 spiro atoms. The molecule has 1 aliphatic rings. The van der Waals surface area contributed by atoms with Crippen LogP contribution in [0.2, 0.25) is 0 Å². The van der Waals surface area contributed by atoms with Crippen molar-refractivity contribution < 1.29 is 14.3 Å². The van der Waals surface area contributed by atoms with E-state index in [9.17, 15) is 4.79 Å². The zero-order chi connectivity index (χ0) is 12.4. The maximum absolute atomic E-state index is 11.9. The van der Waals surface area contributed by atoms with Gasteiger partial charge in [0.25, 0.3) is 0 Å². The maximum atomic E-state index is 11.9. The molecule has 0 radical (unpaired) electrons. The van der Waals surface area contributed by atoms with E-state index in [1.54, 1.807) is 0 Å². The molecule has 3 nitrogen and oxygen atoms in total. The van der Waals surface area contributed by atoms with E-state index in [1.807, 2.05) is 13.8 Å². The standard InChI is InChI=1S/C13H24O3/c1-6-8-9-12(7-2)13(16-12,10(3)4)11(14)15-5/h10H,6-9H2,1-5H3. The highest BCUT2D eigenvalue weighted by atomic mass is 16.7. The van der Waals surface area contributed by atoms with Crippen LogP contribution in [0, 0.1) is 5.92 Å². The van der Waals surface area contributed by atoms with Crippen molar-refractivity contribution in [3.8, 4) is 0 Å². The topological polar surface area (TPSA) is 38.8 Å². The van der Waals surface area contributed by atoms with Crippen LogP contribution in [0.4, 0.5) is 0 Å².